The molecule has 1 aliphatic rings. The quantitative estimate of drug-likeness (QED) is 0.454. The third-order valence-electron chi connectivity index (χ3n) is 6.07. The number of rotatable bonds is 8. The number of amides is 1. The molecule has 1 aliphatic heterocycles. The molecule has 0 unspecified atom stereocenters. The molecule has 2 aromatic carbocycles. The van der Waals surface area contributed by atoms with Crippen molar-refractivity contribution in [3.8, 4) is 0 Å². The number of ether oxygens (including phenoxy) is 1. The van der Waals surface area contributed by atoms with E-state index < -0.39 is 11.8 Å². The Bertz CT molecular complexity index is 1200. The number of oxazole rings is 1. The van der Waals surface area contributed by atoms with E-state index in [0.29, 0.717) is 62.8 Å². The van der Waals surface area contributed by atoms with Crippen LogP contribution in [0.15, 0.2) is 57.7 Å². The fourth-order valence-corrected chi connectivity index (χ4v) is 4.49. The van der Waals surface area contributed by atoms with Gasteiger partial charge in [-0.3, -0.25) is 14.3 Å². The Hall–Kier alpha value is -3.10. The van der Waals surface area contributed by atoms with Gasteiger partial charge in [0.1, 0.15) is 6.04 Å². The van der Waals surface area contributed by atoms with Crippen LogP contribution >= 0.6 is 11.6 Å². The van der Waals surface area contributed by atoms with Gasteiger partial charge in [0.25, 0.3) is 0 Å². The standard InChI is InChI=1S/C25H28ClN3O5/c1-2-33-24(31)23(18-9-11-19(26)12-10-18)28-16-14-27(15-17-28)22(30)8-5-13-29-20-6-3-4-7-21(20)34-25(29)32/h3-4,6-7,9-12,23H,2,5,8,13-17H2,1H3/t23-/m0/s1. The number of carbonyl (C=O) groups is 2. The number of nitrogens with zero attached hydrogens (tertiary/aromatic N) is 3. The Morgan fingerprint density at radius 2 is 1.76 bits per heavy atom. The summed E-state index contributed by atoms with van der Waals surface area (Å²) in [6.45, 7) is 4.68. The lowest BCUT2D eigenvalue weighted by atomic mass is 10.0. The fraction of sp³-hybridized carbons (Fsp3) is 0.400. The van der Waals surface area contributed by atoms with Crippen LogP contribution in [0.4, 0.5) is 0 Å². The van der Waals surface area contributed by atoms with Gasteiger partial charge in [0.05, 0.1) is 12.1 Å². The molecule has 180 valence electrons. The van der Waals surface area contributed by atoms with E-state index >= 15 is 0 Å². The van der Waals surface area contributed by atoms with Gasteiger partial charge in [-0.05, 0) is 43.2 Å². The lowest BCUT2D eigenvalue weighted by Crippen LogP contribution is -2.51. The van der Waals surface area contributed by atoms with Crippen LogP contribution in [0, 0.1) is 0 Å². The molecule has 1 fully saturated rings. The van der Waals surface area contributed by atoms with Crippen LogP contribution in [0.25, 0.3) is 11.1 Å². The van der Waals surface area contributed by atoms with Crippen molar-refractivity contribution in [1.82, 2.24) is 14.4 Å². The molecule has 0 spiro atoms. The minimum Gasteiger partial charge on any atom is -0.465 e. The zero-order chi connectivity index (χ0) is 24.1. The summed E-state index contributed by atoms with van der Waals surface area (Å²) in [4.78, 5) is 41.5. The van der Waals surface area contributed by atoms with Crippen molar-refractivity contribution in [2.75, 3.05) is 32.8 Å². The average Bonchev–Trinajstić information content (AvgIpc) is 3.16. The topological polar surface area (TPSA) is 85.0 Å². The van der Waals surface area contributed by atoms with Gasteiger partial charge < -0.3 is 14.1 Å². The Labute approximate surface area is 202 Å². The molecule has 9 heteroatoms. The van der Waals surface area contributed by atoms with Crippen molar-refractivity contribution in [2.24, 2.45) is 0 Å². The van der Waals surface area contributed by atoms with Gasteiger partial charge >= 0.3 is 11.7 Å². The molecular weight excluding hydrogens is 458 g/mol. The second kappa shape index (κ2) is 10.9. The predicted molar refractivity (Wildman–Crippen MR) is 129 cm³/mol. The first-order chi connectivity index (χ1) is 16.5. The third-order valence-corrected chi connectivity index (χ3v) is 6.33. The highest BCUT2D eigenvalue weighted by atomic mass is 35.5. The molecule has 1 aromatic heterocycles. The number of hydrogen-bond donors (Lipinski definition) is 0. The maximum absolute atomic E-state index is 12.8. The number of hydrogen-bond acceptors (Lipinski definition) is 6. The van der Waals surface area contributed by atoms with E-state index in [4.69, 9.17) is 20.8 Å². The maximum atomic E-state index is 12.8. The van der Waals surface area contributed by atoms with Crippen LogP contribution in [0.3, 0.4) is 0 Å². The normalized spacial score (nSPS) is 15.4. The Morgan fingerprint density at radius 3 is 2.47 bits per heavy atom. The zero-order valence-corrected chi connectivity index (χ0v) is 19.9. The van der Waals surface area contributed by atoms with Gasteiger partial charge in [-0.15, -0.1) is 0 Å². The van der Waals surface area contributed by atoms with E-state index in [2.05, 4.69) is 0 Å². The fourth-order valence-electron chi connectivity index (χ4n) is 4.36. The van der Waals surface area contributed by atoms with Crippen LogP contribution in [-0.4, -0.2) is 59.0 Å². The summed E-state index contributed by atoms with van der Waals surface area (Å²) < 4.78 is 12.1. The highest BCUT2D eigenvalue weighted by Gasteiger charge is 2.32. The first-order valence-electron chi connectivity index (χ1n) is 11.5. The van der Waals surface area contributed by atoms with Crippen molar-refractivity contribution in [3.05, 3.63) is 69.7 Å². The molecule has 34 heavy (non-hydrogen) atoms. The molecule has 1 saturated heterocycles. The van der Waals surface area contributed by atoms with Crippen molar-refractivity contribution >= 4 is 34.6 Å². The SMILES string of the molecule is CCOC(=O)[C@H](c1ccc(Cl)cc1)N1CCN(C(=O)CCCn2c(=O)oc3ccccc32)CC1. The van der Waals surface area contributed by atoms with E-state index in [-0.39, 0.29) is 11.9 Å². The van der Waals surface area contributed by atoms with Gasteiger partial charge in [0, 0.05) is 44.2 Å². The first-order valence-corrected chi connectivity index (χ1v) is 11.9. The summed E-state index contributed by atoms with van der Waals surface area (Å²) in [5.41, 5.74) is 2.10. The Balaban J connectivity index is 1.33. The molecule has 8 nitrogen and oxygen atoms in total. The molecule has 1 amide bonds. The largest absolute Gasteiger partial charge is 0.465 e. The number of aromatic nitrogens is 1. The average molecular weight is 486 g/mol. The van der Waals surface area contributed by atoms with E-state index in [0.717, 1.165) is 11.1 Å². The van der Waals surface area contributed by atoms with Gasteiger partial charge in [0.2, 0.25) is 5.91 Å². The summed E-state index contributed by atoms with van der Waals surface area (Å²) in [5, 5.41) is 0.604. The number of fused-ring (bicyclic) bond motifs is 1. The van der Waals surface area contributed by atoms with Crippen molar-refractivity contribution in [3.63, 3.8) is 0 Å². The smallest absolute Gasteiger partial charge is 0.419 e. The van der Waals surface area contributed by atoms with E-state index in [1.165, 1.54) is 0 Å². The summed E-state index contributed by atoms with van der Waals surface area (Å²) in [6, 6.07) is 13.9. The summed E-state index contributed by atoms with van der Waals surface area (Å²) >= 11 is 6.01. The molecule has 0 N–H and O–H groups in total. The van der Waals surface area contributed by atoms with Gasteiger partial charge in [-0.2, -0.15) is 0 Å². The molecule has 0 bridgehead atoms. The number of benzene rings is 2. The predicted octanol–water partition coefficient (Wildman–Crippen LogP) is 3.48. The van der Waals surface area contributed by atoms with Crippen molar-refractivity contribution < 1.29 is 18.7 Å². The number of halogens is 1. The van der Waals surface area contributed by atoms with Crippen LogP contribution in [0.1, 0.15) is 31.4 Å². The number of aryl methyl sites for hydroxylation is 1. The molecule has 0 radical (unpaired) electrons. The van der Waals surface area contributed by atoms with E-state index in [1.54, 1.807) is 29.7 Å². The van der Waals surface area contributed by atoms with E-state index in [9.17, 15) is 14.4 Å². The summed E-state index contributed by atoms with van der Waals surface area (Å²) in [7, 11) is 0. The van der Waals surface area contributed by atoms with Crippen molar-refractivity contribution in [2.45, 2.75) is 32.4 Å². The molecule has 2 heterocycles. The Kier molecular flexibility index (Phi) is 7.70. The lowest BCUT2D eigenvalue weighted by molar-refractivity contribution is -0.151. The minimum absolute atomic E-state index is 0.0414. The van der Waals surface area contributed by atoms with Crippen LogP contribution in [0.2, 0.25) is 5.02 Å². The first kappa shape index (κ1) is 24.0. The molecule has 0 saturated carbocycles. The number of esters is 1. The minimum atomic E-state index is -0.532. The van der Waals surface area contributed by atoms with E-state index in [1.807, 2.05) is 40.1 Å². The second-order valence-corrected chi connectivity index (χ2v) is 8.65. The lowest BCUT2D eigenvalue weighted by Gasteiger charge is -2.38. The van der Waals surface area contributed by atoms with Crippen LogP contribution < -0.4 is 5.76 Å². The van der Waals surface area contributed by atoms with Crippen molar-refractivity contribution in [1.29, 1.82) is 0 Å². The highest BCUT2D eigenvalue weighted by molar-refractivity contribution is 6.30. The van der Waals surface area contributed by atoms with Crippen LogP contribution in [0.5, 0.6) is 0 Å². The molecule has 3 aromatic rings. The maximum Gasteiger partial charge on any atom is 0.419 e. The molecule has 0 aliphatic carbocycles. The Morgan fingerprint density at radius 1 is 1.06 bits per heavy atom. The molecule has 4 rings (SSSR count). The zero-order valence-electron chi connectivity index (χ0n) is 19.1. The van der Waals surface area contributed by atoms with Gasteiger partial charge in [-0.25, -0.2) is 9.59 Å². The molecular formula is C25H28ClN3O5. The number of para-hydroxylation sites is 2. The summed E-state index contributed by atoms with van der Waals surface area (Å²) in [5.74, 6) is -0.670. The van der Waals surface area contributed by atoms with Crippen LogP contribution in [-0.2, 0) is 20.9 Å². The third kappa shape index (κ3) is 5.34. The monoisotopic (exact) mass is 485 g/mol. The number of piperazine rings is 1. The highest BCUT2D eigenvalue weighted by Crippen LogP contribution is 2.25. The summed E-state index contributed by atoms with van der Waals surface area (Å²) in [6.07, 6.45) is 0.878. The second-order valence-electron chi connectivity index (χ2n) is 8.21. The van der Waals surface area contributed by atoms with Gasteiger partial charge in [0.15, 0.2) is 5.58 Å². The number of carbonyl (C=O) groups excluding carboxylic acids is 2. The van der Waals surface area contributed by atoms with Gasteiger partial charge in [-0.1, -0.05) is 35.9 Å². The molecule has 1 atom stereocenters.